The number of methoxy groups -OCH3 is 1. The second-order valence-corrected chi connectivity index (χ2v) is 7.34. The normalized spacial score (nSPS) is 14.6. The van der Waals surface area contributed by atoms with Gasteiger partial charge in [-0.3, -0.25) is 0 Å². The lowest BCUT2D eigenvalue weighted by Gasteiger charge is -2.27. The van der Waals surface area contributed by atoms with Gasteiger partial charge >= 0.3 is 0 Å². The number of hydrogen-bond acceptors (Lipinski definition) is 5. The van der Waals surface area contributed by atoms with Crippen molar-refractivity contribution in [3.05, 3.63) is 23.9 Å². The molecule has 1 saturated heterocycles. The smallest absolute Gasteiger partial charge is 0.191 e. The molecular weight excluding hydrogens is 479 g/mol. The van der Waals surface area contributed by atoms with E-state index >= 15 is 0 Å². The highest BCUT2D eigenvalue weighted by molar-refractivity contribution is 14.0. The zero-order valence-electron chi connectivity index (χ0n) is 18.3. The predicted octanol–water partition coefficient (Wildman–Crippen LogP) is 2.71. The van der Waals surface area contributed by atoms with Crippen molar-refractivity contribution in [1.82, 2.24) is 20.5 Å². The van der Waals surface area contributed by atoms with Gasteiger partial charge in [0, 0.05) is 59.2 Å². The minimum Gasteiger partial charge on any atom is -0.385 e. The Balaban J connectivity index is 0.00000420. The van der Waals surface area contributed by atoms with E-state index in [2.05, 4.69) is 51.5 Å². The molecule has 1 aliphatic rings. The molecule has 0 aromatic carbocycles. The first-order valence-corrected chi connectivity index (χ1v) is 10.6. The molecule has 0 amide bonds. The van der Waals surface area contributed by atoms with Gasteiger partial charge in [-0.05, 0) is 57.4 Å². The Morgan fingerprint density at radius 3 is 2.76 bits per heavy atom. The fraction of sp³-hybridized carbons (Fsp3) is 0.714. The number of guanidine groups is 1. The molecule has 2 N–H and O–H groups in total. The Morgan fingerprint density at radius 2 is 2.03 bits per heavy atom. The first-order chi connectivity index (χ1) is 13.7. The molecule has 1 fully saturated rings. The van der Waals surface area contributed by atoms with Gasteiger partial charge in [-0.2, -0.15) is 0 Å². The van der Waals surface area contributed by atoms with Gasteiger partial charge in [0.1, 0.15) is 5.82 Å². The minimum absolute atomic E-state index is 0. The van der Waals surface area contributed by atoms with E-state index in [0.29, 0.717) is 6.54 Å². The summed E-state index contributed by atoms with van der Waals surface area (Å²) in [5, 5.41) is 6.76. The average molecular weight is 518 g/mol. The van der Waals surface area contributed by atoms with E-state index in [9.17, 15) is 0 Å². The monoisotopic (exact) mass is 518 g/mol. The van der Waals surface area contributed by atoms with Crippen LogP contribution in [-0.2, 0) is 11.3 Å². The number of hydrogen-bond donors (Lipinski definition) is 2. The van der Waals surface area contributed by atoms with Crippen molar-refractivity contribution in [1.29, 1.82) is 0 Å². The molecule has 1 aromatic heterocycles. The summed E-state index contributed by atoms with van der Waals surface area (Å²) in [6.07, 6.45) is 6.82. The maximum Gasteiger partial charge on any atom is 0.191 e. The fourth-order valence-corrected chi connectivity index (χ4v) is 3.32. The summed E-state index contributed by atoms with van der Waals surface area (Å²) < 4.78 is 5.11. The third-order valence-corrected chi connectivity index (χ3v) is 4.93. The Morgan fingerprint density at radius 1 is 1.24 bits per heavy atom. The number of rotatable bonds is 11. The van der Waals surface area contributed by atoms with Crippen molar-refractivity contribution < 1.29 is 4.74 Å². The second-order valence-electron chi connectivity index (χ2n) is 7.34. The molecule has 2 rings (SSSR count). The maximum atomic E-state index is 5.11. The summed E-state index contributed by atoms with van der Waals surface area (Å²) >= 11 is 0. The summed E-state index contributed by atoms with van der Waals surface area (Å²) in [5.74, 6) is 1.95. The van der Waals surface area contributed by atoms with Gasteiger partial charge < -0.3 is 25.2 Å². The largest absolute Gasteiger partial charge is 0.385 e. The molecule has 0 atom stereocenters. The van der Waals surface area contributed by atoms with E-state index < -0.39 is 0 Å². The van der Waals surface area contributed by atoms with Gasteiger partial charge in [-0.15, -0.1) is 24.0 Å². The van der Waals surface area contributed by atoms with Crippen LogP contribution >= 0.6 is 24.0 Å². The molecule has 0 radical (unpaired) electrons. The van der Waals surface area contributed by atoms with Crippen molar-refractivity contribution in [3.63, 3.8) is 0 Å². The molecule has 8 heteroatoms. The third kappa shape index (κ3) is 10.5. The van der Waals surface area contributed by atoms with Crippen molar-refractivity contribution in [3.8, 4) is 0 Å². The van der Waals surface area contributed by atoms with E-state index in [0.717, 1.165) is 64.1 Å². The standard InChI is InChI=1S/C21H38N6O.HI/c1-4-22-21(24-11-15-26(2)12-8-16-28-3)25-18-19-9-10-23-20(17-19)27-13-6-5-7-14-27;/h9-10,17H,4-8,11-16,18H2,1-3H3,(H2,22,24,25);1H. The second kappa shape index (κ2) is 15.7. The maximum absolute atomic E-state index is 5.11. The number of nitrogens with zero attached hydrogens (tertiary/aromatic N) is 4. The van der Waals surface area contributed by atoms with Gasteiger partial charge in [0.2, 0.25) is 0 Å². The number of halogens is 1. The van der Waals surface area contributed by atoms with Crippen LogP contribution in [0, 0.1) is 0 Å². The molecule has 0 bridgehead atoms. The lowest BCUT2D eigenvalue weighted by atomic mass is 10.1. The molecule has 1 aromatic rings. The molecule has 2 heterocycles. The molecule has 29 heavy (non-hydrogen) atoms. The molecule has 7 nitrogen and oxygen atoms in total. The van der Waals surface area contributed by atoms with Crippen LogP contribution in [0.1, 0.15) is 38.2 Å². The SMILES string of the molecule is CCNC(=NCc1ccnc(N2CCCCC2)c1)NCCN(C)CCCOC.I. The number of aliphatic imine (C=N–C) groups is 1. The summed E-state index contributed by atoms with van der Waals surface area (Å²) in [7, 11) is 3.89. The lowest BCUT2D eigenvalue weighted by Crippen LogP contribution is -2.41. The third-order valence-electron chi connectivity index (χ3n) is 4.93. The fourth-order valence-electron chi connectivity index (χ4n) is 3.32. The average Bonchev–Trinajstić information content (AvgIpc) is 2.73. The number of nitrogens with one attached hydrogen (secondary N) is 2. The summed E-state index contributed by atoms with van der Waals surface area (Å²) in [6.45, 7) is 9.52. The molecule has 166 valence electrons. The summed E-state index contributed by atoms with van der Waals surface area (Å²) in [4.78, 5) is 14.0. The van der Waals surface area contributed by atoms with Gasteiger partial charge in [0.05, 0.1) is 6.54 Å². The van der Waals surface area contributed by atoms with Crippen molar-refractivity contribution in [2.24, 2.45) is 4.99 Å². The van der Waals surface area contributed by atoms with E-state index in [1.165, 1.54) is 24.8 Å². The van der Waals surface area contributed by atoms with Crippen molar-refractivity contribution >= 4 is 35.8 Å². The van der Waals surface area contributed by atoms with Crippen LogP contribution in [0.4, 0.5) is 5.82 Å². The summed E-state index contributed by atoms with van der Waals surface area (Å²) in [6, 6.07) is 4.24. The Labute approximate surface area is 193 Å². The van der Waals surface area contributed by atoms with Crippen LogP contribution in [0.3, 0.4) is 0 Å². The molecule has 0 aliphatic carbocycles. The Bertz CT molecular complexity index is 580. The Kier molecular flexibility index (Phi) is 14.0. The first kappa shape index (κ1) is 25.9. The molecule has 1 aliphatic heterocycles. The van der Waals surface area contributed by atoms with E-state index in [1.54, 1.807) is 7.11 Å². The van der Waals surface area contributed by atoms with Crippen LogP contribution < -0.4 is 15.5 Å². The number of likely N-dealkylation sites (N-methyl/N-ethyl adjacent to an activating group) is 1. The van der Waals surface area contributed by atoms with Gasteiger partial charge in [-0.25, -0.2) is 9.98 Å². The van der Waals surface area contributed by atoms with Crippen LogP contribution in [0.2, 0.25) is 0 Å². The van der Waals surface area contributed by atoms with Crippen LogP contribution in [0.5, 0.6) is 0 Å². The number of ether oxygens (including phenoxy) is 1. The van der Waals surface area contributed by atoms with Gasteiger partial charge in [-0.1, -0.05) is 0 Å². The van der Waals surface area contributed by atoms with Crippen LogP contribution in [0.25, 0.3) is 0 Å². The van der Waals surface area contributed by atoms with Crippen molar-refractivity contribution in [2.75, 3.05) is 64.9 Å². The van der Waals surface area contributed by atoms with E-state index in [-0.39, 0.29) is 24.0 Å². The minimum atomic E-state index is 0. The highest BCUT2D eigenvalue weighted by atomic mass is 127. The number of aromatic nitrogens is 1. The quantitative estimate of drug-likeness (QED) is 0.203. The number of anilines is 1. The summed E-state index contributed by atoms with van der Waals surface area (Å²) in [5.41, 5.74) is 1.20. The molecule has 0 spiro atoms. The topological polar surface area (TPSA) is 65.0 Å². The number of pyridine rings is 1. The molecular formula is C21H39IN6O. The number of piperidine rings is 1. The van der Waals surface area contributed by atoms with Crippen LogP contribution in [0.15, 0.2) is 23.3 Å². The van der Waals surface area contributed by atoms with Crippen molar-refractivity contribution in [2.45, 2.75) is 39.2 Å². The molecule has 0 saturated carbocycles. The van der Waals surface area contributed by atoms with E-state index in [1.807, 2.05) is 6.20 Å². The predicted molar refractivity (Wildman–Crippen MR) is 133 cm³/mol. The van der Waals surface area contributed by atoms with Crippen LogP contribution in [-0.4, -0.2) is 75.9 Å². The van der Waals surface area contributed by atoms with Gasteiger partial charge in [0.15, 0.2) is 5.96 Å². The van der Waals surface area contributed by atoms with E-state index in [4.69, 9.17) is 9.73 Å². The highest BCUT2D eigenvalue weighted by Crippen LogP contribution is 2.18. The zero-order chi connectivity index (χ0) is 20.0. The highest BCUT2D eigenvalue weighted by Gasteiger charge is 2.12. The zero-order valence-corrected chi connectivity index (χ0v) is 20.7. The molecule has 0 unspecified atom stereocenters. The Hall–Kier alpha value is -1.13. The first-order valence-electron chi connectivity index (χ1n) is 10.6. The lowest BCUT2D eigenvalue weighted by molar-refractivity contribution is 0.180. The van der Waals surface area contributed by atoms with Gasteiger partial charge in [0.25, 0.3) is 0 Å².